The van der Waals surface area contributed by atoms with E-state index in [1.165, 1.54) is 6.92 Å². The standard InChI is InChI=1S/C12H22N2O5S/c1-3-14-4-5-19-10(6-14)7-20(18)8-11(12(16)17)13-9(2)15/h10-11H,3-8H2,1-2H3,(H,13,15)(H,16,17). The predicted octanol–water partition coefficient (Wildman–Crippen LogP) is -0.955. The smallest absolute Gasteiger partial charge is 0.327 e. The molecule has 3 unspecified atom stereocenters. The van der Waals surface area contributed by atoms with Gasteiger partial charge in [0.15, 0.2) is 0 Å². The molecule has 116 valence electrons. The number of likely N-dealkylation sites (N-methyl/N-ethyl adjacent to an activating group) is 1. The van der Waals surface area contributed by atoms with E-state index >= 15 is 0 Å². The number of hydrogen-bond donors (Lipinski definition) is 2. The van der Waals surface area contributed by atoms with Crippen LogP contribution in [0.5, 0.6) is 0 Å². The van der Waals surface area contributed by atoms with E-state index in [4.69, 9.17) is 9.84 Å². The molecule has 1 saturated heterocycles. The second kappa shape index (κ2) is 8.33. The van der Waals surface area contributed by atoms with E-state index in [0.29, 0.717) is 18.9 Å². The number of carboxylic acids is 1. The quantitative estimate of drug-likeness (QED) is 0.629. The Bertz CT molecular complexity index is 377. The maximum atomic E-state index is 12.0. The molecule has 7 nitrogen and oxygen atoms in total. The third-order valence-electron chi connectivity index (χ3n) is 3.07. The number of carbonyl (C=O) groups excluding carboxylic acids is 1. The fraction of sp³-hybridized carbons (Fsp3) is 0.833. The van der Waals surface area contributed by atoms with Crippen LogP contribution in [0.15, 0.2) is 0 Å². The Morgan fingerprint density at radius 3 is 2.80 bits per heavy atom. The first kappa shape index (κ1) is 17.1. The summed E-state index contributed by atoms with van der Waals surface area (Å²) in [5.41, 5.74) is 0. The summed E-state index contributed by atoms with van der Waals surface area (Å²) in [6.07, 6.45) is -0.142. The Morgan fingerprint density at radius 1 is 1.55 bits per heavy atom. The van der Waals surface area contributed by atoms with Gasteiger partial charge in [0.2, 0.25) is 5.91 Å². The second-order valence-electron chi connectivity index (χ2n) is 4.75. The Labute approximate surface area is 121 Å². The molecule has 0 saturated carbocycles. The van der Waals surface area contributed by atoms with Gasteiger partial charge in [-0.2, -0.15) is 0 Å². The minimum atomic E-state index is -1.35. The molecule has 0 aromatic rings. The molecule has 1 heterocycles. The van der Waals surface area contributed by atoms with Gasteiger partial charge in [-0.15, -0.1) is 0 Å². The molecular formula is C12H22N2O5S. The summed E-state index contributed by atoms with van der Waals surface area (Å²) in [7, 11) is -1.35. The van der Waals surface area contributed by atoms with Crippen LogP contribution >= 0.6 is 0 Å². The second-order valence-corrected chi connectivity index (χ2v) is 6.30. The predicted molar refractivity (Wildman–Crippen MR) is 75.0 cm³/mol. The van der Waals surface area contributed by atoms with Crippen molar-refractivity contribution in [2.75, 3.05) is 37.7 Å². The van der Waals surface area contributed by atoms with E-state index in [9.17, 15) is 13.8 Å². The largest absolute Gasteiger partial charge is 0.480 e. The molecule has 0 aromatic heterocycles. The summed E-state index contributed by atoms with van der Waals surface area (Å²) >= 11 is 0. The molecule has 0 bridgehead atoms. The minimum absolute atomic E-state index is 0.0963. The van der Waals surface area contributed by atoms with Crippen LogP contribution in [0.1, 0.15) is 13.8 Å². The maximum absolute atomic E-state index is 12.0. The van der Waals surface area contributed by atoms with E-state index in [-0.39, 0.29) is 11.9 Å². The van der Waals surface area contributed by atoms with Crippen LogP contribution in [0.3, 0.4) is 0 Å². The third-order valence-corrected chi connectivity index (χ3v) is 4.52. The van der Waals surface area contributed by atoms with E-state index in [0.717, 1.165) is 13.1 Å². The summed E-state index contributed by atoms with van der Waals surface area (Å²) in [4.78, 5) is 24.1. The van der Waals surface area contributed by atoms with E-state index in [2.05, 4.69) is 17.1 Å². The lowest BCUT2D eigenvalue weighted by atomic mass is 10.3. The number of amides is 1. The number of carboxylic acid groups (broad SMARTS) is 1. The van der Waals surface area contributed by atoms with Gasteiger partial charge < -0.3 is 15.2 Å². The van der Waals surface area contributed by atoms with Crippen LogP contribution in [-0.4, -0.2) is 76.0 Å². The van der Waals surface area contributed by atoms with Crippen molar-refractivity contribution in [1.82, 2.24) is 10.2 Å². The fourth-order valence-corrected chi connectivity index (χ4v) is 3.40. The van der Waals surface area contributed by atoms with Crippen molar-refractivity contribution in [1.29, 1.82) is 0 Å². The molecule has 1 amide bonds. The van der Waals surface area contributed by atoms with Crippen molar-refractivity contribution in [3.05, 3.63) is 0 Å². The molecule has 0 spiro atoms. The van der Waals surface area contributed by atoms with Crippen molar-refractivity contribution in [2.24, 2.45) is 0 Å². The SMILES string of the molecule is CCN1CCOC(CS(=O)CC(NC(C)=O)C(=O)O)C1. The molecule has 1 fully saturated rings. The average Bonchev–Trinajstić information content (AvgIpc) is 2.37. The van der Waals surface area contributed by atoms with Gasteiger partial charge in [0.1, 0.15) is 6.04 Å². The molecule has 20 heavy (non-hydrogen) atoms. The highest BCUT2D eigenvalue weighted by Gasteiger charge is 2.25. The van der Waals surface area contributed by atoms with Crippen molar-refractivity contribution >= 4 is 22.7 Å². The number of rotatable bonds is 7. The lowest BCUT2D eigenvalue weighted by Crippen LogP contribution is -2.47. The lowest BCUT2D eigenvalue weighted by Gasteiger charge is -2.31. The Balaban J connectivity index is 2.44. The molecule has 3 atom stereocenters. The van der Waals surface area contributed by atoms with E-state index in [1.807, 2.05) is 0 Å². The van der Waals surface area contributed by atoms with Gasteiger partial charge >= 0.3 is 5.97 Å². The lowest BCUT2D eigenvalue weighted by molar-refractivity contribution is -0.140. The van der Waals surface area contributed by atoms with Crippen LogP contribution in [0.25, 0.3) is 0 Å². The first-order valence-electron chi connectivity index (χ1n) is 6.61. The number of ether oxygens (including phenoxy) is 1. The summed E-state index contributed by atoms with van der Waals surface area (Å²) < 4.78 is 17.5. The molecule has 0 aromatic carbocycles. The Morgan fingerprint density at radius 2 is 2.25 bits per heavy atom. The van der Waals surface area contributed by atoms with E-state index in [1.54, 1.807) is 0 Å². The van der Waals surface area contributed by atoms with Crippen LogP contribution in [0, 0.1) is 0 Å². The third kappa shape index (κ3) is 5.98. The summed E-state index contributed by atoms with van der Waals surface area (Å²) in [5, 5.41) is 11.3. The molecule has 1 rings (SSSR count). The first-order chi connectivity index (χ1) is 9.42. The van der Waals surface area contributed by atoms with Gasteiger partial charge in [0.05, 0.1) is 24.2 Å². The normalized spacial score (nSPS) is 23.0. The van der Waals surface area contributed by atoms with Crippen LogP contribution < -0.4 is 5.32 Å². The fourth-order valence-electron chi connectivity index (χ4n) is 2.05. The minimum Gasteiger partial charge on any atom is -0.480 e. The maximum Gasteiger partial charge on any atom is 0.327 e. The number of nitrogens with one attached hydrogen (secondary N) is 1. The molecule has 1 aliphatic heterocycles. The number of aliphatic carboxylic acids is 1. The molecule has 2 N–H and O–H groups in total. The van der Waals surface area contributed by atoms with Crippen LogP contribution in [-0.2, 0) is 25.1 Å². The zero-order valence-electron chi connectivity index (χ0n) is 11.8. The van der Waals surface area contributed by atoms with Gasteiger partial charge in [-0.3, -0.25) is 13.9 Å². The van der Waals surface area contributed by atoms with Gasteiger partial charge in [-0.1, -0.05) is 6.92 Å². The Hall–Kier alpha value is -0.990. The van der Waals surface area contributed by atoms with Gasteiger partial charge in [-0.05, 0) is 6.54 Å². The monoisotopic (exact) mass is 306 g/mol. The molecule has 1 aliphatic rings. The zero-order chi connectivity index (χ0) is 15.1. The number of morpholine rings is 1. The molecule has 8 heteroatoms. The molecule has 0 aliphatic carbocycles. The Kier molecular flexibility index (Phi) is 7.11. The van der Waals surface area contributed by atoms with Gasteiger partial charge in [0.25, 0.3) is 0 Å². The average molecular weight is 306 g/mol. The molecule has 0 radical (unpaired) electrons. The number of nitrogens with zero attached hydrogens (tertiary/aromatic N) is 1. The summed E-state index contributed by atoms with van der Waals surface area (Å²) in [5.74, 6) is -1.42. The van der Waals surface area contributed by atoms with Crippen LogP contribution in [0.2, 0.25) is 0 Å². The summed E-state index contributed by atoms with van der Waals surface area (Å²) in [6, 6.07) is -1.11. The van der Waals surface area contributed by atoms with Crippen LogP contribution in [0.4, 0.5) is 0 Å². The van der Waals surface area contributed by atoms with Crippen molar-refractivity contribution < 1.29 is 23.6 Å². The first-order valence-corrected chi connectivity index (χ1v) is 8.10. The topological polar surface area (TPSA) is 95.9 Å². The highest BCUT2D eigenvalue weighted by molar-refractivity contribution is 7.85. The van der Waals surface area contributed by atoms with Gasteiger partial charge in [0, 0.05) is 30.8 Å². The molecular weight excluding hydrogens is 284 g/mol. The number of carbonyl (C=O) groups is 2. The van der Waals surface area contributed by atoms with Crippen molar-refractivity contribution in [3.8, 4) is 0 Å². The van der Waals surface area contributed by atoms with Crippen molar-refractivity contribution in [3.63, 3.8) is 0 Å². The van der Waals surface area contributed by atoms with Crippen molar-refractivity contribution in [2.45, 2.75) is 26.0 Å². The zero-order valence-corrected chi connectivity index (χ0v) is 12.6. The highest BCUT2D eigenvalue weighted by Crippen LogP contribution is 2.07. The summed E-state index contributed by atoms with van der Waals surface area (Å²) in [6.45, 7) is 6.38. The van der Waals surface area contributed by atoms with E-state index < -0.39 is 28.7 Å². The number of hydrogen-bond acceptors (Lipinski definition) is 5. The highest BCUT2D eigenvalue weighted by atomic mass is 32.2. The van der Waals surface area contributed by atoms with Gasteiger partial charge in [-0.25, -0.2) is 4.79 Å².